The molecule has 0 radical (unpaired) electrons. The van der Waals surface area contributed by atoms with Crippen molar-refractivity contribution in [2.75, 3.05) is 14.2 Å². The standard InChI is InChI=1S/C30H22N2O6/c1-37-21-9-3-17(4-10-21)27-28(18-5-11-22(38-2)12-6-18)32-26-16-20(30(35)36)8-14-24(26)23-13-7-19(29(33)34)15-25(23)31-27/h3-16H,1-2H3,(H,33,34)(H,35,36). The number of ether oxygens (including phenoxy) is 2. The van der Waals surface area contributed by atoms with Crippen LogP contribution in [0.15, 0.2) is 94.9 Å². The Kier molecular flexibility index (Phi) is 6.45. The van der Waals surface area contributed by atoms with E-state index in [1.54, 1.807) is 50.6 Å². The van der Waals surface area contributed by atoms with E-state index in [-0.39, 0.29) is 11.1 Å². The molecule has 4 aromatic rings. The smallest absolute Gasteiger partial charge is 0.335 e. The summed E-state index contributed by atoms with van der Waals surface area (Å²) in [7, 11) is 3.15. The summed E-state index contributed by atoms with van der Waals surface area (Å²) < 4.78 is 10.6. The maximum atomic E-state index is 11.8. The van der Waals surface area contributed by atoms with Crippen molar-refractivity contribution in [2.45, 2.75) is 0 Å². The van der Waals surface area contributed by atoms with E-state index < -0.39 is 11.9 Å². The number of carboxylic acid groups (broad SMARTS) is 2. The molecule has 5 rings (SSSR count). The molecule has 0 aliphatic carbocycles. The minimum atomic E-state index is -1.08. The molecule has 8 nitrogen and oxygen atoms in total. The molecule has 0 saturated heterocycles. The molecule has 0 aromatic heterocycles. The highest BCUT2D eigenvalue weighted by Gasteiger charge is 2.23. The van der Waals surface area contributed by atoms with Crippen molar-refractivity contribution in [3.05, 3.63) is 107 Å². The molecular weight excluding hydrogens is 484 g/mol. The number of methoxy groups -OCH3 is 2. The SMILES string of the molecule is COc1ccc(C2=Nc3cc(C(=O)O)ccc3-c3ccc(C(=O)O)cc3N=C2c2ccc(OC)cc2)cc1. The lowest BCUT2D eigenvalue weighted by atomic mass is 9.94. The van der Waals surface area contributed by atoms with Gasteiger partial charge in [-0.05, 0) is 72.8 Å². The highest BCUT2D eigenvalue weighted by molar-refractivity contribution is 6.54. The van der Waals surface area contributed by atoms with Crippen LogP contribution in [-0.2, 0) is 0 Å². The Morgan fingerprint density at radius 1 is 0.579 bits per heavy atom. The third-order valence-electron chi connectivity index (χ3n) is 6.20. The fraction of sp³-hybridized carbons (Fsp3) is 0.0667. The molecule has 1 heterocycles. The van der Waals surface area contributed by atoms with Gasteiger partial charge in [0.1, 0.15) is 11.5 Å². The molecule has 0 bridgehead atoms. The van der Waals surface area contributed by atoms with E-state index in [0.29, 0.717) is 56.6 Å². The monoisotopic (exact) mass is 506 g/mol. The topological polar surface area (TPSA) is 118 Å². The number of aliphatic imine (C=N–C) groups is 2. The van der Waals surface area contributed by atoms with Gasteiger partial charge in [0.15, 0.2) is 0 Å². The van der Waals surface area contributed by atoms with E-state index in [1.165, 1.54) is 24.3 Å². The number of carbonyl (C=O) groups is 2. The average Bonchev–Trinajstić information content (AvgIpc) is 2.94. The molecule has 0 spiro atoms. The predicted octanol–water partition coefficient (Wildman–Crippen LogP) is 6.02. The van der Waals surface area contributed by atoms with Crippen molar-refractivity contribution in [1.29, 1.82) is 0 Å². The number of aromatic carboxylic acids is 2. The lowest BCUT2D eigenvalue weighted by molar-refractivity contribution is 0.0686. The van der Waals surface area contributed by atoms with Gasteiger partial charge >= 0.3 is 11.9 Å². The molecule has 1 aliphatic heterocycles. The van der Waals surface area contributed by atoms with E-state index in [1.807, 2.05) is 24.3 Å². The van der Waals surface area contributed by atoms with Crippen LogP contribution in [0.2, 0.25) is 0 Å². The summed E-state index contributed by atoms with van der Waals surface area (Å²) >= 11 is 0. The van der Waals surface area contributed by atoms with E-state index in [2.05, 4.69) is 0 Å². The largest absolute Gasteiger partial charge is 0.497 e. The first kappa shape index (κ1) is 24.5. The normalized spacial score (nSPS) is 12.2. The summed E-state index contributed by atoms with van der Waals surface area (Å²) in [6.07, 6.45) is 0. The van der Waals surface area contributed by atoms with Crippen LogP contribution in [0.25, 0.3) is 11.1 Å². The fourth-order valence-electron chi connectivity index (χ4n) is 4.22. The Balaban J connectivity index is 1.85. The number of fused-ring (bicyclic) bond motifs is 3. The van der Waals surface area contributed by atoms with Crippen molar-refractivity contribution in [2.24, 2.45) is 9.98 Å². The van der Waals surface area contributed by atoms with Gasteiger partial charge in [0, 0.05) is 22.3 Å². The van der Waals surface area contributed by atoms with Crippen molar-refractivity contribution < 1.29 is 29.3 Å². The Labute approximate surface area is 218 Å². The quantitative estimate of drug-likeness (QED) is 0.330. The number of hydrogen-bond donors (Lipinski definition) is 2. The van der Waals surface area contributed by atoms with Gasteiger partial charge < -0.3 is 19.7 Å². The first-order valence-corrected chi connectivity index (χ1v) is 11.6. The summed E-state index contributed by atoms with van der Waals surface area (Å²) in [5.74, 6) is -0.843. The molecule has 1 aliphatic rings. The highest BCUT2D eigenvalue weighted by Crippen LogP contribution is 2.40. The number of hydrogen-bond acceptors (Lipinski definition) is 6. The van der Waals surface area contributed by atoms with Gasteiger partial charge in [0.25, 0.3) is 0 Å². The third kappa shape index (κ3) is 4.62. The lowest BCUT2D eigenvalue weighted by Crippen LogP contribution is -2.18. The van der Waals surface area contributed by atoms with Crippen LogP contribution in [0, 0.1) is 0 Å². The summed E-state index contributed by atoms with van der Waals surface area (Å²) in [5, 5.41) is 19.3. The minimum Gasteiger partial charge on any atom is -0.497 e. The summed E-state index contributed by atoms with van der Waals surface area (Å²) in [6.45, 7) is 0. The minimum absolute atomic E-state index is 0.0776. The molecule has 0 saturated carbocycles. The van der Waals surface area contributed by atoms with Crippen LogP contribution in [-0.4, -0.2) is 47.8 Å². The van der Waals surface area contributed by atoms with Crippen molar-refractivity contribution in [3.8, 4) is 22.6 Å². The molecular formula is C30H22N2O6. The van der Waals surface area contributed by atoms with Crippen LogP contribution >= 0.6 is 0 Å². The molecule has 8 heteroatoms. The van der Waals surface area contributed by atoms with Gasteiger partial charge in [0.2, 0.25) is 0 Å². The molecule has 0 unspecified atom stereocenters. The van der Waals surface area contributed by atoms with Gasteiger partial charge in [-0.25, -0.2) is 19.6 Å². The van der Waals surface area contributed by atoms with E-state index in [0.717, 1.165) is 0 Å². The van der Waals surface area contributed by atoms with Crippen LogP contribution in [0.4, 0.5) is 11.4 Å². The number of carboxylic acids is 2. The maximum Gasteiger partial charge on any atom is 0.335 e. The van der Waals surface area contributed by atoms with Crippen LogP contribution in [0.1, 0.15) is 31.8 Å². The summed E-state index contributed by atoms with van der Waals surface area (Å²) in [4.78, 5) is 33.5. The zero-order valence-corrected chi connectivity index (χ0v) is 20.5. The van der Waals surface area contributed by atoms with Gasteiger partial charge in [-0.15, -0.1) is 0 Å². The van der Waals surface area contributed by atoms with E-state index in [4.69, 9.17) is 19.5 Å². The molecule has 2 N–H and O–H groups in total. The van der Waals surface area contributed by atoms with Crippen LogP contribution in [0.3, 0.4) is 0 Å². The molecule has 0 amide bonds. The zero-order chi connectivity index (χ0) is 26.8. The predicted molar refractivity (Wildman–Crippen MR) is 144 cm³/mol. The van der Waals surface area contributed by atoms with Crippen molar-refractivity contribution in [3.63, 3.8) is 0 Å². The van der Waals surface area contributed by atoms with E-state index >= 15 is 0 Å². The fourth-order valence-corrected chi connectivity index (χ4v) is 4.22. The Bertz CT molecular complexity index is 1500. The first-order chi connectivity index (χ1) is 18.4. The average molecular weight is 507 g/mol. The van der Waals surface area contributed by atoms with E-state index in [9.17, 15) is 19.8 Å². The zero-order valence-electron chi connectivity index (χ0n) is 20.5. The second-order valence-electron chi connectivity index (χ2n) is 8.45. The van der Waals surface area contributed by atoms with Gasteiger partial charge in [0.05, 0.1) is 48.1 Å². The molecule has 4 aromatic carbocycles. The summed E-state index contributed by atoms with van der Waals surface area (Å²) in [6, 6.07) is 23.9. The van der Waals surface area contributed by atoms with Crippen molar-refractivity contribution >= 4 is 34.7 Å². The molecule has 0 atom stereocenters. The Morgan fingerprint density at radius 2 is 0.947 bits per heavy atom. The highest BCUT2D eigenvalue weighted by atomic mass is 16.5. The Hall–Kier alpha value is -5.24. The van der Waals surface area contributed by atoms with Crippen LogP contribution in [0.5, 0.6) is 11.5 Å². The van der Waals surface area contributed by atoms with Crippen LogP contribution < -0.4 is 9.47 Å². The van der Waals surface area contributed by atoms with Gasteiger partial charge in [-0.2, -0.15) is 0 Å². The van der Waals surface area contributed by atoms with Gasteiger partial charge in [-0.1, -0.05) is 12.1 Å². The second-order valence-corrected chi connectivity index (χ2v) is 8.45. The maximum absolute atomic E-state index is 11.8. The number of nitrogens with zero attached hydrogens (tertiary/aromatic N) is 2. The molecule has 0 fully saturated rings. The van der Waals surface area contributed by atoms with Gasteiger partial charge in [-0.3, -0.25) is 0 Å². The summed E-state index contributed by atoms with van der Waals surface area (Å²) in [5.41, 5.74) is 4.64. The lowest BCUT2D eigenvalue weighted by Gasteiger charge is -2.19. The third-order valence-corrected chi connectivity index (χ3v) is 6.20. The second kappa shape index (κ2) is 10.0. The molecule has 38 heavy (non-hydrogen) atoms. The number of rotatable bonds is 6. The number of benzene rings is 4. The first-order valence-electron chi connectivity index (χ1n) is 11.6. The Morgan fingerprint density at radius 3 is 1.26 bits per heavy atom. The molecule has 188 valence electrons. The van der Waals surface area contributed by atoms with Crippen molar-refractivity contribution in [1.82, 2.24) is 0 Å².